The average Bonchev–Trinajstić information content (AvgIpc) is 2.70. The maximum Gasteiger partial charge on any atom is 0.314 e. The highest BCUT2D eigenvalue weighted by atomic mass is 19.1. The van der Waals surface area contributed by atoms with Crippen LogP contribution < -0.4 is 10.6 Å². The zero-order valence-corrected chi connectivity index (χ0v) is 15.4. The molecule has 0 saturated carbocycles. The monoisotopic (exact) mass is 371 g/mol. The largest absolute Gasteiger partial charge is 0.379 e. The second-order valence-corrected chi connectivity index (χ2v) is 6.59. The number of morpholine rings is 1. The number of ether oxygens (including phenoxy) is 1. The van der Waals surface area contributed by atoms with Crippen molar-refractivity contribution in [1.82, 2.24) is 15.5 Å². The van der Waals surface area contributed by atoms with Crippen LogP contribution in [0, 0.1) is 5.82 Å². The Labute approximate surface area is 159 Å². The van der Waals surface area contributed by atoms with Gasteiger partial charge in [-0.3, -0.25) is 4.90 Å². The van der Waals surface area contributed by atoms with Crippen LogP contribution in [0.3, 0.4) is 0 Å². The van der Waals surface area contributed by atoms with Crippen molar-refractivity contribution in [2.24, 2.45) is 0 Å². The lowest BCUT2D eigenvalue weighted by molar-refractivity contribution is 0.0167. The highest BCUT2D eigenvalue weighted by Gasteiger charge is 2.22. The minimum Gasteiger partial charge on any atom is -0.379 e. The Morgan fingerprint density at radius 1 is 1.07 bits per heavy atom. The third-order valence-electron chi connectivity index (χ3n) is 4.72. The molecule has 1 heterocycles. The topological polar surface area (TPSA) is 53.6 Å². The highest BCUT2D eigenvalue weighted by molar-refractivity contribution is 5.73. The number of carbonyl (C=O) groups is 1. The molecule has 1 fully saturated rings. The van der Waals surface area contributed by atoms with Crippen LogP contribution in [-0.4, -0.2) is 50.3 Å². The second-order valence-electron chi connectivity index (χ2n) is 6.59. The van der Waals surface area contributed by atoms with E-state index in [1.807, 2.05) is 24.3 Å². The summed E-state index contributed by atoms with van der Waals surface area (Å²) in [5, 5.41) is 5.81. The van der Waals surface area contributed by atoms with E-state index in [0.29, 0.717) is 32.7 Å². The van der Waals surface area contributed by atoms with Crippen LogP contribution in [0.1, 0.15) is 17.2 Å². The zero-order chi connectivity index (χ0) is 18.9. The van der Waals surface area contributed by atoms with E-state index in [2.05, 4.69) is 27.7 Å². The molecule has 1 aliphatic rings. The number of benzene rings is 2. The van der Waals surface area contributed by atoms with Crippen molar-refractivity contribution in [2.75, 3.05) is 39.4 Å². The molecule has 2 aromatic carbocycles. The number of halogens is 1. The molecule has 1 saturated heterocycles. The van der Waals surface area contributed by atoms with Gasteiger partial charge in [0, 0.05) is 26.2 Å². The molecule has 0 aliphatic carbocycles. The molecular formula is C21H26FN3O2. The second kappa shape index (κ2) is 10.0. The molecule has 0 radical (unpaired) electrons. The van der Waals surface area contributed by atoms with Gasteiger partial charge in [-0.05, 0) is 29.7 Å². The predicted molar refractivity (Wildman–Crippen MR) is 103 cm³/mol. The molecule has 2 aromatic rings. The smallest absolute Gasteiger partial charge is 0.314 e. The van der Waals surface area contributed by atoms with Crippen molar-refractivity contribution in [1.29, 1.82) is 0 Å². The molecule has 2 amide bonds. The van der Waals surface area contributed by atoms with E-state index in [1.54, 1.807) is 6.07 Å². The van der Waals surface area contributed by atoms with Crippen LogP contribution in [0.5, 0.6) is 0 Å². The first-order chi connectivity index (χ1) is 13.2. The van der Waals surface area contributed by atoms with Crippen LogP contribution in [0.15, 0.2) is 54.6 Å². The van der Waals surface area contributed by atoms with E-state index >= 15 is 0 Å². The Morgan fingerprint density at radius 3 is 2.59 bits per heavy atom. The SMILES string of the molecule is O=C(NCCc1cccc(F)c1)NCC(c1ccccc1)N1CCOCC1. The molecule has 6 heteroatoms. The van der Waals surface area contributed by atoms with Crippen molar-refractivity contribution in [2.45, 2.75) is 12.5 Å². The average molecular weight is 371 g/mol. The van der Waals surface area contributed by atoms with Crippen LogP contribution in [0.4, 0.5) is 9.18 Å². The normalized spacial score (nSPS) is 15.9. The van der Waals surface area contributed by atoms with E-state index < -0.39 is 0 Å². The van der Waals surface area contributed by atoms with Gasteiger partial charge in [0.05, 0.1) is 19.3 Å². The number of urea groups is 1. The van der Waals surface area contributed by atoms with Crippen LogP contribution in [0.25, 0.3) is 0 Å². The fraction of sp³-hybridized carbons (Fsp3) is 0.381. The Balaban J connectivity index is 1.49. The summed E-state index contributed by atoms with van der Waals surface area (Å²) >= 11 is 0. The van der Waals surface area contributed by atoms with Gasteiger partial charge in [-0.1, -0.05) is 42.5 Å². The lowest BCUT2D eigenvalue weighted by atomic mass is 10.0. The Bertz CT molecular complexity index is 720. The number of hydrogen-bond acceptors (Lipinski definition) is 3. The van der Waals surface area contributed by atoms with Gasteiger partial charge in [-0.15, -0.1) is 0 Å². The fourth-order valence-electron chi connectivity index (χ4n) is 3.29. The molecule has 1 aliphatic heterocycles. The molecule has 2 N–H and O–H groups in total. The Kier molecular flexibility index (Phi) is 7.19. The maximum absolute atomic E-state index is 13.2. The lowest BCUT2D eigenvalue weighted by Crippen LogP contribution is -2.46. The zero-order valence-electron chi connectivity index (χ0n) is 15.4. The minimum atomic E-state index is -0.256. The first kappa shape index (κ1) is 19.3. The van der Waals surface area contributed by atoms with Crippen LogP contribution in [-0.2, 0) is 11.2 Å². The van der Waals surface area contributed by atoms with Gasteiger partial charge in [0.15, 0.2) is 0 Å². The summed E-state index contributed by atoms with van der Waals surface area (Å²) in [7, 11) is 0. The van der Waals surface area contributed by atoms with Gasteiger partial charge in [0.1, 0.15) is 5.82 Å². The first-order valence-corrected chi connectivity index (χ1v) is 9.35. The molecule has 5 nitrogen and oxygen atoms in total. The Morgan fingerprint density at radius 2 is 1.85 bits per heavy atom. The van der Waals surface area contributed by atoms with Crippen molar-refractivity contribution >= 4 is 6.03 Å². The Hall–Kier alpha value is -2.44. The van der Waals surface area contributed by atoms with Gasteiger partial charge >= 0.3 is 6.03 Å². The number of nitrogens with one attached hydrogen (secondary N) is 2. The third kappa shape index (κ3) is 6.05. The van der Waals surface area contributed by atoms with E-state index in [0.717, 1.165) is 18.7 Å². The fourth-order valence-corrected chi connectivity index (χ4v) is 3.29. The summed E-state index contributed by atoms with van der Waals surface area (Å²) in [6.07, 6.45) is 0.594. The molecular weight excluding hydrogens is 345 g/mol. The van der Waals surface area contributed by atoms with Crippen LogP contribution >= 0.6 is 0 Å². The number of rotatable bonds is 7. The lowest BCUT2D eigenvalue weighted by Gasteiger charge is -2.34. The summed E-state index contributed by atoms with van der Waals surface area (Å²) < 4.78 is 18.6. The quantitative estimate of drug-likeness (QED) is 0.787. The van der Waals surface area contributed by atoms with E-state index in [1.165, 1.54) is 17.7 Å². The molecule has 3 rings (SSSR count). The molecule has 144 valence electrons. The molecule has 27 heavy (non-hydrogen) atoms. The van der Waals surface area contributed by atoms with Crippen molar-refractivity contribution in [3.63, 3.8) is 0 Å². The van der Waals surface area contributed by atoms with Gasteiger partial charge in [0.25, 0.3) is 0 Å². The number of carbonyl (C=O) groups excluding carboxylic acids is 1. The summed E-state index contributed by atoms with van der Waals surface area (Å²) in [5.41, 5.74) is 2.05. The summed E-state index contributed by atoms with van der Waals surface area (Å²) in [6, 6.07) is 16.5. The molecule has 1 unspecified atom stereocenters. The van der Waals surface area contributed by atoms with E-state index in [4.69, 9.17) is 4.74 Å². The summed E-state index contributed by atoms with van der Waals surface area (Å²) in [6.45, 7) is 4.11. The van der Waals surface area contributed by atoms with Gasteiger partial charge < -0.3 is 15.4 Å². The van der Waals surface area contributed by atoms with Crippen LogP contribution in [0.2, 0.25) is 0 Å². The van der Waals surface area contributed by atoms with E-state index in [9.17, 15) is 9.18 Å². The molecule has 0 bridgehead atoms. The summed E-state index contributed by atoms with van der Waals surface area (Å²) in [4.78, 5) is 14.5. The summed E-state index contributed by atoms with van der Waals surface area (Å²) in [5.74, 6) is -0.256. The van der Waals surface area contributed by atoms with Gasteiger partial charge in [-0.2, -0.15) is 0 Å². The van der Waals surface area contributed by atoms with E-state index in [-0.39, 0.29) is 17.9 Å². The molecule has 0 spiro atoms. The van der Waals surface area contributed by atoms with Crippen molar-refractivity contribution in [3.05, 3.63) is 71.5 Å². The third-order valence-corrected chi connectivity index (χ3v) is 4.72. The van der Waals surface area contributed by atoms with Gasteiger partial charge in [-0.25, -0.2) is 9.18 Å². The maximum atomic E-state index is 13.2. The number of amides is 2. The molecule has 1 atom stereocenters. The van der Waals surface area contributed by atoms with Crippen molar-refractivity contribution < 1.29 is 13.9 Å². The standard InChI is InChI=1S/C21H26FN3O2/c22-19-8-4-5-17(15-19)9-10-23-21(26)24-16-20(18-6-2-1-3-7-18)25-11-13-27-14-12-25/h1-8,15,20H,9-14,16H2,(H2,23,24,26). The highest BCUT2D eigenvalue weighted by Crippen LogP contribution is 2.20. The molecule has 0 aromatic heterocycles. The first-order valence-electron chi connectivity index (χ1n) is 9.35. The van der Waals surface area contributed by atoms with Gasteiger partial charge in [0.2, 0.25) is 0 Å². The number of nitrogens with zero attached hydrogens (tertiary/aromatic N) is 1. The minimum absolute atomic E-state index is 0.115. The predicted octanol–water partition coefficient (Wildman–Crippen LogP) is 2.74. The number of hydrogen-bond donors (Lipinski definition) is 2. The van der Waals surface area contributed by atoms with Crippen molar-refractivity contribution in [3.8, 4) is 0 Å².